The molecule has 4 rings (SSSR count). The number of hydrogen-bond acceptors (Lipinski definition) is 5. The number of amides is 2. The summed E-state index contributed by atoms with van der Waals surface area (Å²) >= 11 is 5.98. The third-order valence-electron chi connectivity index (χ3n) is 6.61. The van der Waals surface area contributed by atoms with Gasteiger partial charge in [-0.2, -0.15) is 0 Å². The van der Waals surface area contributed by atoms with Crippen molar-refractivity contribution in [1.82, 2.24) is 20.0 Å². The summed E-state index contributed by atoms with van der Waals surface area (Å²) in [7, 11) is 0. The number of piperazine rings is 1. The van der Waals surface area contributed by atoms with Gasteiger partial charge >= 0.3 is 0 Å². The van der Waals surface area contributed by atoms with Crippen molar-refractivity contribution in [3.63, 3.8) is 0 Å². The molecule has 7 nitrogen and oxygen atoms in total. The van der Waals surface area contributed by atoms with E-state index in [2.05, 4.69) is 28.9 Å². The van der Waals surface area contributed by atoms with Gasteiger partial charge < -0.3 is 14.7 Å². The van der Waals surface area contributed by atoms with Crippen LogP contribution in [0, 0.1) is 5.92 Å². The van der Waals surface area contributed by atoms with Gasteiger partial charge in [-0.1, -0.05) is 62.2 Å². The first-order chi connectivity index (χ1) is 17.4. The van der Waals surface area contributed by atoms with Gasteiger partial charge in [0, 0.05) is 48.9 Å². The summed E-state index contributed by atoms with van der Waals surface area (Å²) in [5.74, 6) is 0.917. The van der Waals surface area contributed by atoms with Crippen molar-refractivity contribution in [3.8, 4) is 11.3 Å². The average molecular weight is 506 g/mol. The minimum absolute atomic E-state index is 0.0363. The fourth-order valence-electron chi connectivity index (χ4n) is 4.20. The number of aromatic nitrogens is 2. The van der Waals surface area contributed by atoms with E-state index in [1.54, 1.807) is 29.2 Å². The van der Waals surface area contributed by atoms with Gasteiger partial charge in [0.1, 0.15) is 6.54 Å². The van der Waals surface area contributed by atoms with Crippen LogP contribution in [0.15, 0.2) is 66.7 Å². The van der Waals surface area contributed by atoms with E-state index in [1.807, 2.05) is 47.4 Å². The monoisotopic (exact) mass is 505 g/mol. The first kappa shape index (κ1) is 25.6. The van der Waals surface area contributed by atoms with Gasteiger partial charge in [-0.05, 0) is 42.3 Å². The summed E-state index contributed by atoms with van der Waals surface area (Å²) in [6.45, 7) is 7.27. The highest BCUT2D eigenvalue weighted by Gasteiger charge is 2.26. The molecule has 1 saturated heterocycles. The van der Waals surface area contributed by atoms with Crippen molar-refractivity contribution in [1.29, 1.82) is 0 Å². The minimum Gasteiger partial charge on any atom is -0.352 e. The largest absolute Gasteiger partial charge is 0.352 e. The Morgan fingerprint density at radius 2 is 1.64 bits per heavy atom. The molecule has 1 fully saturated rings. The third-order valence-corrected chi connectivity index (χ3v) is 6.86. The molecule has 2 heterocycles. The zero-order valence-corrected chi connectivity index (χ0v) is 21.6. The minimum atomic E-state index is -0.146. The molecule has 0 spiro atoms. The van der Waals surface area contributed by atoms with Gasteiger partial charge in [-0.3, -0.25) is 9.59 Å². The van der Waals surface area contributed by atoms with Crippen LogP contribution in [0.5, 0.6) is 0 Å². The number of anilines is 1. The molecule has 0 N–H and O–H groups in total. The maximum atomic E-state index is 13.2. The molecular formula is C28H32ClN5O2. The van der Waals surface area contributed by atoms with Crippen LogP contribution in [0.2, 0.25) is 5.02 Å². The fourth-order valence-corrected chi connectivity index (χ4v) is 4.33. The van der Waals surface area contributed by atoms with Crippen molar-refractivity contribution < 1.29 is 9.59 Å². The summed E-state index contributed by atoms with van der Waals surface area (Å²) in [5, 5.41) is 9.37. The lowest BCUT2D eigenvalue weighted by molar-refractivity contribution is -0.132. The Morgan fingerprint density at radius 3 is 2.25 bits per heavy atom. The smallest absolute Gasteiger partial charge is 0.254 e. The predicted molar refractivity (Wildman–Crippen MR) is 143 cm³/mol. The third kappa shape index (κ3) is 6.40. The van der Waals surface area contributed by atoms with Gasteiger partial charge in [-0.15, -0.1) is 10.2 Å². The molecule has 1 aliphatic rings. The lowest BCUT2D eigenvalue weighted by Crippen LogP contribution is -2.52. The number of benzene rings is 2. The lowest BCUT2D eigenvalue weighted by Gasteiger charge is -2.36. The molecule has 2 amide bonds. The summed E-state index contributed by atoms with van der Waals surface area (Å²) in [6, 6.07) is 20.7. The molecule has 0 bridgehead atoms. The van der Waals surface area contributed by atoms with Crippen LogP contribution in [-0.4, -0.2) is 71.1 Å². The number of halogens is 1. The van der Waals surface area contributed by atoms with E-state index in [4.69, 9.17) is 11.6 Å². The van der Waals surface area contributed by atoms with E-state index >= 15 is 0 Å². The molecule has 188 valence electrons. The Kier molecular flexibility index (Phi) is 8.54. The van der Waals surface area contributed by atoms with Crippen molar-refractivity contribution >= 4 is 29.2 Å². The first-order valence-corrected chi connectivity index (χ1v) is 12.8. The van der Waals surface area contributed by atoms with Gasteiger partial charge in [0.15, 0.2) is 5.82 Å². The second-order valence-electron chi connectivity index (χ2n) is 9.22. The average Bonchev–Trinajstić information content (AvgIpc) is 2.93. The maximum Gasteiger partial charge on any atom is 0.254 e. The molecular weight excluding hydrogens is 474 g/mol. The molecule has 36 heavy (non-hydrogen) atoms. The van der Waals surface area contributed by atoms with Gasteiger partial charge in [-0.25, -0.2) is 0 Å². The van der Waals surface area contributed by atoms with Crippen LogP contribution < -0.4 is 4.90 Å². The molecule has 1 aliphatic heterocycles. The van der Waals surface area contributed by atoms with Gasteiger partial charge in [0.2, 0.25) is 5.91 Å². The molecule has 1 atom stereocenters. The summed E-state index contributed by atoms with van der Waals surface area (Å²) in [4.78, 5) is 32.0. The zero-order valence-electron chi connectivity index (χ0n) is 20.8. The van der Waals surface area contributed by atoms with E-state index in [1.165, 1.54) is 0 Å². The lowest BCUT2D eigenvalue weighted by atomic mass is 10.1. The SMILES string of the molecule is CC[C@@H](C)CN(CC(=O)N1CCN(c2ccc(-c3ccccc3)nn2)CC1)C(=O)c1ccc(Cl)cc1. The highest BCUT2D eigenvalue weighted by atomic mass is 35.5. The highest BCUT2D eigenvalue weighted by Crippen LogP contribution is 2.19. The Morgan fingerprint density at radius 1 is 0.944 bits per heavy atom. The van der Waals surface area contributed by atoms with E-state index in [9.17, 15) is 9.59 Å². The summed E-state index contributed by atoms with van der Waals surface area (Å²) in [6.07, 6.45) is 0.932. The van der Waals surface area contributed by atoms with E-state index < -0.39 is 0 Å². The van der Waals surface area contributed by atoms with E-state index in [0.717, 1.165) is 23.5 Å². The van der Waals surface area contributed by atoms with Gasteiger partial charge in [0.25, 0.3) is 5.91 Å². The first-order valence-electron chi connectivity index (χ1n) is 12.4. The fraction of sp³-hybridized carbons (Fsp3) is 0.357. The molecule has 8 heteroatoms. The van der Waals surface area contributed by atoms with Crippen LogP contribution in [-0.2, 0) is 4.79 Å². The quantitative estimate of drug-likeness (QED) is 0.446. The van der Waals surface area contributed by atoms with Crippen molar-refractivity contribution in [3.05, 3.63) is 77.3 Å². The number of carbonyl (C=O) groups is 2. The molecule has 0 radical (unpaired) electrons. The zero-order chi connectivity index (χ0) is 25.5. The molecule has 0 aliphatic carbocycles. The Bertz CT molecular complexity index is 1150. The van der Waals surface area contributed by atoms with E-state index in [-0.39, 0.29) is 18.4 Å². The maximum absolute atomic E-state index is 13.2. The van der Waals surface area contributed by atoms with Crippen molar-refractivity contribution in [2.75, 3.05) is 44.2 Å². The van der Waals surface area contributed by atoms with Crippen LogP contribution in [0.4, 0.5) is 5.82 Å². The number of carbonyl (C=O) groups excluding carboxylic acids is 2. The molecule has 2 aromatic carbocycles. The second kappa shape index (κ2) is 12.0. The van der Waals surface area contributed by atoms with Gasteiger partial charge in [0.05, 0.1) is 5.69 Å². The molecule has 0 unspecified atom stereocenters. The number of nitrogens with zero attached hydrogens (tertiary/aromatic N) is 5. The number of rotatable bonds is 8. The Hall–Kier alpha value is -3.45. The second-order valence-corrected chi connectivity index (χ2v) is 9.65. The highest BCUT2D eigenvalue weighted by molar-refractivity contribution is 6.30. The standard InChI is InChI=1S/C28H32ClN5O2/c1-3-21(2)19-34(28(36)23-9-11-24(29)12-10-23)20-27(35)33-17-15-32(16-18-33)26-14-13-25(30-31-26)22-7-5-4-6-8-22/h4-14,21H,3,15-20H2,1-2H3/t21-/m1/s1. The van der Waals surface area contributed by atoms with E-state index in [0.29, 0.717) is 49.2 Å². The normalized spacial score (nSPS) is 14.4. The predicted octanol–water partition coefficient (Wildman–Crippen LogP) is 4.63. The topological polar surface area (TPSA) is 69.6 Å². The van der Waals surface area contributed by atoms with Crippen LogP contribution in [0.1, 0.15) is 30.6 Å². The Balaban J connectivity index is 1.36. The Labute approximate surface area is 217 Å². The molecule has 3 aromatic rings. The van der Waals surface area contributed by atoms with Crippen LogP contribution in [0.25, 0.3) is 11.3 Å². The van der Waals surface area contributed by atoms with Crippen LogP contribution >= 0.6 is 11.6 Å². The van der Waals surface area contributed by atoms with Crippen molar-refractivity contribution in [2.45, 2.75) is 20.3 Å². The summed E-state index contributed by atoms with van der Waals surface area (Å²) in [5.41, 5.74) is 2.40. The van der Waals surface area contributed by atoms with Crippen LogP contribution in [0.3, 0.4) is 0 Å². The summed E-state index contributed by atoms with van der Waals surface area (Å²) < 4.78 is 0. The molecule has 0 saturated carbocycles. The number of hydrogen-bond donors (Lipinski definition) is 0. The molecule has 1 aromatic heterocycles. The van der Waals surface area contributed by atoms with Crippen molar-refractivity contribution in [2.24, 2.45) is 5.92 Å².